The number of aliphatic hydroxyl groups is 1. The van der Waals surface area contributed by atoms with Gasteiger partial charge in [0.15, 0.2) is 0 Å². The molecule has 0 radical (unpaired) electrons. The number of aryl methyl sites for hydroxylation is 1. The minimum Gasteiger partial charge on any atom is -0.490 e. The summed E-state index contributed by atoms with van der Waals surface area (Å²) < 4.78 is 15.5. The Morgan fingerprint density at radius 1 is 1.44 bits per heavy atom. The van der Waals surface area contributed by atoms with E-state index in [1.54, 1.807) is 25.1 Å². The van der Waals surface area contributed by atoms with E-state index in [1.807, 2.05) is 0 Å². The van der Waals surface area contributed by atoms with Gasteiger partial charge in [0, 0.05) is 11.6 Å². The van der Waals surface area contributed by atoms with Crippen molar-refractivity contribution in [3.8, 4) is 11.5 Å². The Balaban J connectivity index is 1.73. The molecule has 1 unspecified atom stereocenters. The lowest BCUT2D eigenvalue weighted by molar-refractivity contribution is 0.140. The van der Waals surface area contributed by atoms with E-state index in [2.05, 4.69) is 14.9 Å². The molecule has 1 aromatic carbocycles. The Bertz CT molecular complexity index is 567. The topological polar surface area (TPSA) is 77.6 Å². The minimum absolute atomic E-state index is 0.288. The molecule has 6 heteroatoms. The summed E-state index contributed by atoms with van der Waals surface area (Å²) in [5.74, 6) is 1.32. The lowest BCUT2D eigenvalue weighted by atomic mass is 10.1. The molecule has 0 saturated carbocycles. The maximum absolute atomic E-state index is 9.59. The Morgan fingerprint density at radius 3 is 3.11 bits per heavy atom. The lowest BCUT2D eigenvalue weighted by Gasteiger charge is -2.06. The van der Waals surface area contributed by atoms with Crippen LogP contribution in [0, 0.1) is 6.92 Å². The molecule has 6 nitrogen and oxygen atoms in total. The zero-order valence-electron chi connectivity index (χ0n) is 9.79. The molecule has 0 amide bonds. The average Bonchev–Trinajstić information content (AvgIpc) is 2.94. The molecule has 0 fully saturated rings. The first-order valence-corrected chi connectivity index (χ1v) is 5.59. The SMILES string of the molecule is Cc1nonc1COc1ccc2c(c1)OCC2O. The molecular weight excluding hydrogens is 236 g/mol. The molecule has 1 aliphatic rings. The number of hydrogen-bond donors (Lipinski definition) is 1. The molecule has 1 N–H and O–H groups in total. The fraction of sp³-hybridized carbons (Fsp3) is 0.333. The number of aromatic nitrogens is 2. The molecule has 18 heavy (non-hydrogen) atoms. The quantitative estimate of drug-likeness (QED) is 0.884. The number of ether oxygens (including phenoxy) is 2. The Morgan fingerprint density at radius 2 is 2.33 bits per heavy atom. The van der Waals surface area contributed by atoms with Crippen molar-refractivity contribution in [2.24, 2.45) is 0 Å². The first-order chi connectivity index (χ1) is 8.74. The van der Waals surface area contributed by atoms with Crippen LogP contribution in [0.4, 0.5) is 0 Å². The molecule has 0 spiro atoms. The van der Waals surface area contributed by atoms with Crippen molar-refractivity contribution in [1.29, 1.82) is 0 Å². The lowest BCUT2D eigenvalue weighted by Crippen LogP contribution is -1.98. The predicted octanol–water partition coefficient (Wildman–Crippen LogP) is 1.38. The highest BCUT2D eigenvalue weighted by atomic mass is 16.6. The van der Waals surface area contributed by atoms with Gasteiger partial charge in [0.25, 0.3) is 0 Å². The fourth-order valence-electron chi connectivity index (χ4n) is 1.80. The van der Waals surface area contributed by atoms with Crippen LogP contribution in [0.3, 0.4) is 0 Å². The first-order valence-electron chi connectivity index (χ1n) is 5.59. The van der Waals surface area contributed by atoms with Crippen molar-refractivity contribution in [1.82, 2.24) is 10.3 Å². The molecule has 94 valence electrons. The van der Waals surface area contributed by atoms with E-state index in [1.165, 1.54) is 0 Å². The van der Waals surface area contributed by atoms with Gasteiger partial charge in [0.2, 0.25) is 0 Å². The maximum atomic E-state index is 9.59. The third kappa shape index (κ3) is 1.91. The summed E-state index contributed by atoms with van der Waals surface area (Å²) in [7, 11) is 0. The van der Waals surface area contributed by atoms with Gasteiger partial charge < -0.3 is 14.6 Å². The van der Waals surface area contributed by atoms with Crippen LogP contribution in [-0.4, -0.2) is 22.0 Å². The van der Waals surface area contributed by atoms with Crippen molar-refractivity contribution in [3.63, 3.8) is 0 Å². The van der Waals surface area contributed by atoms with Gasteiger partial charge in [-0.15, -0.1) is 0 Å². The van der Waals surface area contributed by atoms with Crippen molar-refractivity contribution in [3.05, 3.63) is 35.2 Å². The van der Waals surface area contributed by atoms with Crippen molar-refractivity contribution >= 4 is 0 Å². The molecule has 3 rings (SSSR count). The van der Waals surface area contributed by atoms with E-state index in [0.717, 1.165) is 5.56 Å². The number of hydrogen-bond acceptors (Lipinski definition) is 6. The van der Waals surface area contributed by atoms with Crippen LogP contribution in [0.5, 0.6) is 11.5 Å². The summed E-state index contributed by atoms with van der Waals surface area (Å²) in [6, 6.07) is 5.35. The second-order valence-electron chi connectivity index (χ2n) is 4.11. The van der Waals surface area contributed by atoms with Crippen LogP contribution in [-0.2, 0) is 6.61 Å². The number of aliphatic hydroxyl groups excluding tert-OH is 1. The third-order valence-corrected chi connectivity index (χ3v) is 2.86. The molecule has 0 bridgehead atoms. The van der Waals surface area contributed by atoms with E-state index in [9.17, 15) is 5.11 Å². The Hall–Kier alpha value is -2.08. The molecule has 0 aliphatic carbocycles. The Labute approximate surface area is 103 Å². The summed E-state index contributed by atoms with van der Waals surface area (Å²) in [6.45, 7) is 2.39. The smallest absolute Gasteiger partial charge is 0.145 e. The van der Waals surface area contributed by atoms with Gasteiger partial charge >= 0.3 is 0 Å². The normalized spacial score (nSPS) is 17.3. The highest BCUT2D eigenvalue weighted by molar-refractivity contribution is 5.44. The van der Waals surface area contributed by atoms with Crippen molar-refractivity contribution in [2.45, 2.75) is 19.6 Å². The van der Waals surface area contributed by atoms with Crippen LogP contribution in [0.2, 0.25) is 0 Å². The highest BCUT2D eigenvalue weighted by Crippen LogP contribution is 2.35. The number of nitrogens with zero attached hydrogens (tertiary/aromatic N) is 2. The molecule has 1 aliphatic heterocycles. The van der Waals surface area contributed by atoms with Crippen LogP contribution in [0.1, 0.15) is 23.1 Å². The summed E-state index contributed by atoms with van der Waals surface area (Å²) in [5, 5.41) is 17.0. The van der Waals surface area contributed by atoms with Gasteiger partial charge in [-0.2, -0.15) is 0 Å². The van der Waals surface area contributed by atoms with E-state index >= 15 is 0 Å². The predicted molar refractivity (Wildman–Crippen MR) is 60.3 cm³/mol. The summed E-state index contributed by atoms with van der Waals surface area (Å²) in [4.78, 5) is 0. The van der Waals surface area contributed by atoms with Gasteiger partial charge in [-0.3, -0.25) is 0 Å². The summed E-state index contributed by atoms with van der Waals surface area (Å²) in [6.07, 6.45) is -0.545. The largest absolute Gasteiger partial charge is 0.490 e. The molecule has 1 atom stereocenters. The van der Waals surface area contributed by atoms with E-state index < -0.39 is 6.10 Å². The van der Waals surface area contributed by atoms with Crippen LogP contribution in [0.15, 0.2) is 22.8 Å². The average molecular weight is 248 g/mol. The van der Waals surface area contributed by atoms with E-state index in [0.29, 0.717) is 29.5 Å². The molecule has 1 aromatic heterocycles. The van der Waals surface area contributed by atoms with E-state index in [4.69, 9.17) is 9.47 Å². The summed E-state index contributed by atoms with van der Waals surface area (Å²) >= 11 is 0. The van der Waals surface area contributed by atoms with Gasteiger partial charge in [0.1, 0.15) is 42.2 Å². The van der Waals surface area contributed by atoms with Gasteiger partial charge in [-0.1, -0.05) is 10.3 Å². The highest BCUT2D eigenvalue weighted by Gasteiger charge is 2.22. The molecular formula is C12H12N2O4. The van der Waals surface area contributed by atoms with Crippen LogP contribution in [0.25, 0.3) is 0 Å². The minimum atomic E-state index is -0.545. The zero-order chi connectivity index (χ0) is 12.5. The maximum Gasteiger partial charge on any atom is 0.145 e. The van der Waals surface area contributed by atoms with E-state index in [-0.39, 0.29) is 6.61 Å². The third-order valence-electron chi connectivity index (χ3n) is 2.86. The fourth-order valence-corrected chi connectivity index (χ4v) is 1.80. The van der Waals surface area contributed by atoms with Crippen molar-refractivity contribution < 1.29 is 19.2 Å². The molecule has 2 heterocycles. The van der Waals surface area contributed by atoms with Gasteiger partial charge in [0.05, 0.1) is 0 Å². The van der Waals surface area contributed by atoms with Gasteiger partial charge in [-0.25, -0.2) is 4.63 Å². The van der Waals surface area contributed by atoms with Crippen LogP contribution >= 0.6 is 0 Å². The van der Waals surface area contributed by atoms with Crippen molar-refractivity contribution in [2.75, 3.05) is 6.61 Å². The molecule has 0 saturated heterocycles. The number of rotatable bonds is 3. The van der Waals surface area contributed by atoms with Crippen LogP contribution < -0.4 is 9.47 Å². The number of fused-ring (bicyclic) bond motifs is 1. The number of benzene rings is 1. The standard InChI is InChI=1S/C12H12N2O4/c1-7-10(14-18-13-7)5-16-8-2-3-9-11(15)6-17-12(9)4-8/h2-4,11,15H,5-6H2,1H3. The monoisotopic (exact) mass is 248 g/mol. The zero-order valence-corrected chi connectivity index (χ0v) is 9.79. The molecule has 2 aromatic rings. The second kappa shape index (κ2) is 4.30. The van der Waals surface area contributed by atoms with Gasteiger partial charge in [-0.05, 0) is 19.1 Å². The summed E-state index contributed by atoms with van der Waals surface area (Å²) in [5.41, 5.74) is 2.17. The first kappa shape index (κ1) is 11.0. The second-order valence-corrected chi connectivity index (χ2v) is 4.11. The Kier molecular flexibility index (Phi) is 2.64.